The monoisotopic (exact) mass is 316 g/mol. The van der Waals surface area contributed by atoms with Crippen LogP contribution in [0.1, 0.15) is 23.0 Å². The molecule has 1 heterocycles. The Morgan fingerprint density at radius 2 is 2.36 bits per heavy atom. The number of alkyl halides is 1. The third kappa shape index (κ3) is 2.44. The zero-order chi connectivity index (χ0) is 8.43. The van der Waals surface area contributed by atoms with Crippen LogP contribution in [0.2, 0.25) is 5.02 Å². The molecule has 0 aliphatic heterocycles. The molecule has 0 bridgehead atoms. The van der Waals surface area contributed by atoms with Gasteiger partial charge in [0.2, 0.25) is 0 Å². The molecule has 1 atom stereocenters. The summed E-state index contributed by atoms with van der Waals surface area (Å²) in [6.45, 7) is 2.14. The molecule has 0 amide bonds. The molecule has 0 N–H and O–H groups in total. The molecular weight excluding hydrogens is 311 g/mol. The first-order valence-corrected chi connectivity index (χ1v) is 6.14. The van der Waals surface area contributed by atoms with Crippen LogP contribution in [0.3, 0.4) is 0 Å². The first kappa shape index (κ1) is 10.0. The summed E-state index contributed by atoms with van der Waals surface area (Å²) >= 11 is 14.5. The minimum absolute atomic E-state index is 0.441. The molecule has 1 unspecified atom stereocenters. The third-order valence-electron chi connectivity index (χ3n) is 1.33. The van der Waals surface area contributed by atoms with E-state index in [4.69, 9.17) is 11.6 Å². The van der Waals surface area contributed by atoms with E-state index in [1.807, 2.05) is 6.07 Å². The summed E-state index contributed by atoms with van der Waals surface area (Å²) in [7, 11) is 0. The molecule has 1 rings (SSSR count). The van der Waals surface area contributed by atoms with Gasteiger partial charge in [0.25, 0.3) is 0 Å². The van der Waals surface area contributed by atoms with Gasteiger partial charge in [-0.25, -0.2) is 0 Å². The fraction of sp³-hybridized carbons (Fsp3) is 0.429. The van der Waals surface area contributed by atoms with Crippen LogP contribution in [0.15, 0.2) is 9.85 Å². The van der Waals surface area contributed by atoms with E-state index < -0.39 is 0 Å². The number of halogens is 3. The summed E-state index contributed by atoms with van der Waals surface area (Å²) in [5, 5.41) is 0.808. The fourth-order valence-electron chi connectivity index (χ4n) is 0.719. The Morgan fingerprint density at radius 3 is 2.73 bits per heavy atom. The molecule has 0 aromatic carbocycles. The van der Waals surface area contributed by atoms with E-state index in [1.165, 1.54) is 4.88 Å². The molecule has 0 aliphatic carbocycles. The van der Waals surface area contributed by atoms with Gasteiger partial charge in [0.15, 0.2) is 0 Å². The molecule has 1 aromatic heterocycles. The molecule has 0 nitrogen and oxygen atoms in total. The van der Waals surface area contributed by atoms with Gasteiger partial charge >= 0.3 is 0 Å². The van der Waals surface area contributed by atoms with Crippen molar-refractivity contribution < 1.29 is 0 Å². The Hall–Kier alpha value is 0.950. The minimum Gasteiger partial charge on any atom is -0.130 e. The second-order valence-corrected chi connectivity index (χ2v) is 6.06. The van der Waals surface area contributed by atoms with Crippen molar-refractivity contribution in [1.82, 2.24) is 0 Å². The van der Waals surface area contributed by atoms with Gasteiger partial charge in [-0.1, -0.05) is 34.5 Å². The third-order valence-corrected chi connectivity index (χ3v) is 5.36. The van der Waals surface area contributed by atoms with Crippen molar-refractivity contribution in [2.24, 2.45) is 0 Å². The van der Waals surface area contributed by atoms with Crippen molar-refractivity contribution in [3.05, 3.63) is 19.8 Å². The molecule has 0 radical (unpaired) electrons. The average molecular weight is 318 g/mol. The molecule has 0 saturated heterocycles. The second kappa shape index (κ2) is 4.26. The van der Waals surface area contributed by atoms with Crippen LogP contribution in [-0.2, 0) is 0 Å². The fourth-order valence-corrected chi connectivity index (χ4v) is 2.94. The summed E-state index contributed by atoms with van der Waals surface area (Å²) < 4.78 is 1.02. The van der Waals surface area contributed by atoms with E-state index >= 15 is 0 Å². The highest BCUT2D eigenvalue weighted by atomic mass is 79.9. The molecule has 0 spiro atoms. The molecular formula is C7H7Br2ClS. The largest absolute Gasteiger partial charge is 0.130 e. The highest BCUT2D eigenvalue weighted by molar-refractivity contribution is 9.11. The predicted molar refractivity (Wildman–Crippen MR) is 59.0 cm³/mol. The molecule has 11 heavy (non-hydrogen) atoms. The first-order valence-electron chi connectivity index (χ1n) is 3.24. The van der Waals surface area contributed by atoms with Crippen LogP contribution in [0.25, 0.3) is 0 Å². The van der Waals surface area contributed by atoms with E-state index in [0.717, 1.165) is 15.2 Å². The Balaban J connectivity index is 2.88. The SMILES string of the molecule is CCC(Br)c1cc(Cl)c(Br)s1. The van der Waals surface area contributed by atoms with Crippen molar-refractivity contribution in [1.29, 1.82) is 0 Å². The van der Waals surface area contributed by atoms with Gasteiger partial charge in [0.05, 0.1) is 8.81 Å². The maximum Gasteiger partial charge on any atom is 0.0887 e. The number of thiophene rings is 1. The van der Waals surface area contributed by atoms with Crippen molar-refractivity contribution >= 4 is 54.8 Å². The van der Waals surface area contributed by atoms with E-state index in [1.54, 1.807) is 11.3 Å². The van der Waals surface area contributed by atoms with Crippen molar-refractivity contribution in [2.75, 3.05) is 0 Å². The lowest BCUT2D eigenvalue weighted by atomic mass is 10.3. The molecule has 0 saturated carbocycles. The summed E-state index contributed by atoms with van der Waals surface area (Å²) in [6, 6.07) is 2.00. The molecule has 1 aromatic rings. The number of hydrogen-bond donors (Lipinski definition) is 0. The van der Waals surface area contributed by atoms with Crippen molar-refractivity contribution in [3.63, 3.8) is 0 Å². The van der Waals surface area contributed by atoms with Gasteiger partial charge < -0.3 is 0 Å². The summed E-state index contributed by atoms with van der Waals surface area (Å²) in [5.74, 6) is 0. The smallest absolute Gasteiger partial charge is 0.0887 e. The molecule has 0 aliphatic rings. The van der Waals surface area contributed by atoms with Crippen LogP contribution < -0.4 is 0 Å². The van der Waals surface area contributed by atoms with E-state index in [2.05, 4.69) is 38.8 Å². The zero-order valence-corrected chi connectivity index (χ0v) is 10.6. The standard InChI is InChI=1S/C7H7Br2ClS/c1-2-4(8)6-3-5(10)7(9)11-6/h3-4H,2H2,1H3. The van der Waals surface area contributed by atoms with Crippen LogP contribution >= 0.6 is 54.8 Å². The van der Waals surface area contributed by atoms with Gasteiger partial charge in [-0.2, -0.15) is 0 Å². The zero-order valence-electron chi connectivity index (χ0n) is 5.90. The van der Waals surface area contributed by atoms with Gasteiger partial charge in [-0.15, -0.1) is 11.3 Å². The predicted octanol–water partition coefficient (Wildman–Crippen LogP) is 5.01. The topological polar surface area (TPSA) is 0 Å². The van der Waals surface area contributed by atoms with Crippen molar-refractivity contribution in [2.45, 2.75) is 18.2 Å². The molecule has 62 valence electrons. The molecule has 0 fully saturated rings. The normalized spacial score (nSPS) is 13.5. The summed E-state index contributed by atoms with van der Waals surface area (Å²) in [5.41, 5.74) is 0. The van der Waals surface area contributed by atoms with E-state index in [0.29, 0.717) is 4.83 Å². The minimum atomic E-state index is 0.441. The van der Waals surface area contributed by atoms with Gasteiger partial charge in [-0.05, 0) is 28.4 Å². The Bertz CT molecular complexity index is 227. The number of rotatable bonds is 2. The lowest BCUT2D eigenvalue weighted by molar-refractivity contribution is 0.929. The Morgan fingerprint density at radius 1 is 1.73 bits per heavy atom. The van der Waals surface area contributed by atoms with Gasteiger partial charge in [-0.3, -0.25) is 0 Å². The summed E-state index contributed by atoms with van der Waals surface area (Å²) in [4.78, 5) is 1.72. The quantitative estimate of drug-likeness (QED) is 0.672. The average Bonchev–Trinajstić information content (AvgIpc) is 2.31. The second-order valence-electron chi connectivity index (χ2n) is 2.15. The Labute approximate surface area is 92.2 Å². The van der Waals surface area contributed by atoms with Crippen LogP contribution in [0.5, 0.6) is 0 Å². The van der Waals surface area contributed by atoms with Crippen LogP contribution in [-0.4, -0.2) is 0 Å². The Kier molecular flexibility index (Phi) is 3.89. The van der Waals surface area contributed by atoms with E-state index in [-0.39, 0.29) is 0 Å². The van der Waals surface area contributed by atoms with E-state index in [9.17, 15) is 0 Å². The lowest BCUT2D eigenvalue weighted by Crippen LogP contribution is -1.79. The highest BCUT2D eigenvalue weighted by Crippen LogP contribution is 2.39. The van der Waals surface area contributed by atoms with Gasteiger partial charge in [0, 0.05) is 9.70 Å². The maximum absolute atomic E-state index is 5.87. The molecule has 4 heteroatoms. The number of hydrogen-bond acceptors (Lipinski definition) is 1. The first-order chi connectivity index (χ1) is 5.15. The lowest BCUT2D eigenvalue weighted by Gasteiger charge is -2.00. The van der Waals surface area contributed by atoms with Crippen LogP contribution in [0.4, 0.5) is 0 Å². The van der Waals surface area contributed by atoms with Crippen LogP contribution in [0, 0.1) is 0 Å². The summed E-state index contributed by atoms with van der Waals surface area (Å²) in [6.07, 6.45) is 1.09. The van der Waals surface area contributed by atoms with Gasteiger partial charge in [0.1, 0.15) is 0 Å². The highest BCUT2D eigenvalue weighted by Gasteiger charge is 2.10. The maximum atomic E-state index is 5.87. The van der Waals surface area contributed by atoms with Crippen molar-refractivity contribution in [3.8, 4) is 0 Å².